The van der Waals surface area contributed by atoms with E-state index in [9.17, 15) is 0 Å². The summed E-state index contributed by atoms with van der Waals surface area (Å²) in [5.74, 6) is 2.10. The quantitative estimate of drug-likeness (QED) is 0.918. The van der Waals surface area contributed by atoms with Crippen molar-refractivity contribution in [2.24, 2.45) is 5.92 Å². The van der Waals surface area contributed by atoms with E-state index in [1.807, 2.05) is 18.2 Å². The summed E-state index contributed by atoms with van der Waals surface area (Å²) in [7, 11) is 0. The topological polar surface area (TPSA) is 51.0 Å². The maximum absolute atomic E-state index is 5.39. The Bertz CT molecular complexity index is 544. The second-order valence-corrected chi connectivity index (χ2v) is 5.25. The van der Waals surface area contributed by atoms with Gasteiger partial charge in [0.15, 0.2) is 5.82 Å². The number of benzene rings is 1. The first-order valence-corrected chi connectivity index (χ1v) is 6.92. The Hall–Kier alpha value is -1.68. The third kappa shape index (κ3) is 2.84. The Morgan fingerprint density at radius 3 is 3.05 bits per heavy atom. The van der Waals surface area contributed by atoms with Crippen molar-refractivity contribution in [3.63, 3.8) is 0 Å². The van der Waals surface area contributed by atoms with E-state index in [2.05, 4.69) is 28.4 Å². The molecule has 2 aromatic rings. The second kappa shape index (κ2) is 5.53. The minimum Gasteiger partial charge on any atom is -0.334 e. The van der Waals surface area contributed by atoms with Gasteiger partial charge >= 0.3 is 0 Å². The molecule has 1 saturated heterocycles. The van der Waals surface area contributed by atoms with Crippen LogP contribution < -0.4 is 5.32 Å². The first-order chi connectivity index (χ1) is 9.33. The van der Waals surface area contributed by atoms with Crippen LogP contribution in [0.25, 0.3) is 11.5 Å². The maximum Gasteiger partial charge on any atom is 0.258 e. The lowest BCUT2D eigenvalue weighted by Crippen LogP contribution is -2.31. The van der Waals surface area contributed by atoms with Crippen LogP contribution in [0.5, 0.6) is 0 Å². The molecule has 0 bridgehead atoms. The number of hydrogen-bond acceptors (Lipinski definition) is 4. The molecule has 0 aliphatic carbocycles. The molecule has 0 spiro atoms. The Kier molecular flexibility index (Phi) is 3.60. The molecule has 1 N–H and O–H groups in total. The Balaban J connectivity index is 1.74. The van der Waals surface area contributed by atoms with E-state index in [0.29, 0.717) is 11.8 Å². The third-order valence-electron chi connectivity index (χ3n) is 3.71. The molecule has 1 aromatic heterocycles. The Morgan fingerprint density at radius 1 is 1.37 bits per heavy atom. The number of aryl methyl sites for hydroxylation is 1. The molecule has 0 radical (unpaired) electrons. The highest BCUT2D eigenvalue weighted by molar-refractivity contribution is 5.57. The molecule has 0 amide bonds. The van der Waals surface area contributed by atoms with Crippen molar-refractivity contribution >= 4 is 0 Å². The lowest BCUT2D eigenvalue weighted by Gasteiger charge is -2.20. The summed E-state index contributed by atoms with van der Waals surface area (Å²) < 4.78 is 5.39. The fraction of sp³-hybridized carbons (Fsp3) is 0.467. The number of aromatic nitrogens is 2. The van der Waals surface area contributed by atoms with Gasteiger partial charge in [-0.2, -0.15) is 4.98 Å². The van der Waals surface area contributed by atoms with E-state index in [4.69, 9.17) is 4.52 Å². The van der Waals surface area contributed by atoms with Crippen molar-refractivity contribution in [3.05, 3.63) is 35.7 Å². The number of hydrogen-bond donors (Lipinski definition) is 1. The molecule has 0 saturated carbocycles. The van der Waals surface area contributed by atoms with Crippen LogP contribution in [0, 0.1) is 12.8 Å². The van der Waals surface area contributed by atoms with Gasteiger partial charge in [0.05, 0.1) is 0 Å². The van der Waals surface area contributed by atoms with Crippen LogP contribution in [-0.2, 0) is 6.42 Å². The molecule has 4 heteroatoms. The molecule has 1 unspecified atom stereocenters. The molecule has 1 aliphatic rings. The van der Waals surface area contributed by atoms with Gasteiger partial charge in [0.25, 0.3) is 5.89 Å². The van der Waals surface area contributed by atoms with Crippen molar-refractivity contribution in [2.75, 3.05) is 13.1 Å². The Morgan fingerprint density at radius 2 is 2.26 bits per heavy atom. The van der Waals surface area contributed by atoms with Crippen LogP contribution in [-0.4, -0.2) is 23.2 Å². The van der Waals surface area contributed by atoms with Gasteiger partial charge in [-0.15, -0.1) is 0 Å². The van der Waals surface area contributed by atoms with Gasteiger partial charge in [-0.1, -0.05) is 23.4 Å². The van der Waals surface area contributed by atoms with Gasteiger partial charge in [-0.3, -0.25) is 0 Å². The van der Waals surface area contributed by atoms with E-state index in [1.165, 1.54) is 12.8 Å². The third-order valence-corrected chi connectivity index (χ3v) is 3.71. The fourth-order valence-corrected chi connectivity index (χ4v) is 2.62. The highest BCUT2D eigenvalue weighted by atomic mass is 16.5. The normalized spacial score (nSPS) is 19.5. The predicted molar refractivity (Wildman–Crippen MR) is 73.8 cm³/mol. The lowest BCUT2D eigenvalue weighted by atomic mass is 9.96. The van der Waals surface area contributed by atoms with Gasteiger partial charge in [0.1, 0.15) is 0 Å². The molecular weight excluding hydrogens is 238 g/mol. The number of nitrogens with zero attached hydrogens (tertiary/aromatic N) is 2. The summed E-state index contributed by atoms with van der Waals surface area (Å²) in [6, 6.07) is 8.10. The van der Waals surface area contributed by atoms with E-state index in [-0.39, 0.29) is 0 Å². The van der Waals surface area contributed by atoms with E-state index < -0.39 is 0 Å². The van der Waals surface area contributed by atoms with E-state index >= 15 is 0 Å². The van der Waals surface area contributed by atoms with Gasteiger partial charge in [0.2, 0.25) is 0 Å². The molecule has 19 heavy (non-hydrogen) atoms. The SMILES string of the molecule is Cc1ccccc1-c1nc(CC2CCCNC2)no1. The molecule has 1 aliphatic heterocycles. The van der Waals surface area contributed by atoms with Crippen molar-refractivity contribution < 1.29 is 4.52 Å². The van der Waals surface area contributed by atoms with Gasteiger partial charge < -0.3 is 9.84 Å². The summed E-state index contributed by atoms with van der Waals surface area (Å²) in [5.41, 5.74) is 2.19. The largest absolute Gasteiger partial charge is 0.334 e. The number of piperidine rings is 1. The van der Waals surface area contributed by atoms with Crippen molar-refractivity contribution in [2.45, 2.75) is 26.2 Å². The van der Waals surface area contributed by atoms with E-state index in [1.54, 1.807) is 0 Å². The van der Waals surface area contributed by atoms with Gasteiger partial charge in [0, 0.05) is 12.0 Å². The number of rotatable bonds is 3. The molecular formula is C15H19N3O. The molecule has 1 fully saturated rings. The summed E-state index contributed by atoms with van der Waals surface area (Å²) >= 11 is 0. The van der Waals surface area contributed by atoms with Gasteiger partial charge in [-0.25, -0.2) is 0 Å². The zero-order chi connectivity index (χ0) is 13.1. The highest BCUT2D eigenvalue weighted by Crippen LogP contribution is 2.22. The minimum absolute atomic E-state index is 0.635. The van der Waals surface area contributed by atoms with Crippen molar-refractivity contribution in [1.29, 1.82) is 0 Å². The van der Waals surface area contributed by atoms with Crippen LogP contribution in [0.15, 0.2) is 28.8 Å². The zero-order valence-corrected chi connectivity index (χ0v) is 11.2. The Labute approximate surface area is 113 Å². The van der Waals surface area contributed by atoms with Crippen molar-refractivity contribution in [1.82, 2.24) is 15.5 Å². The smallest absolute Gasteiger partial charge is 0.258 e. The number of nitrogens with one attached hydrogen (secondary N) is 1. The maximum atomic E-state index is 5.39. The fourth-order valence-electron chi connectivity index (χ4n) is 2.62. The summed E-state index contributed by atoms with van der Waals surface area (Å²) in [5, 5.41) is 7.53. The first-order valence-electron chi connectivity index (χ1n) is 6.92. The molecule has 2 heterocycles. The van der Waals surface area contributed by atoms with Crippen LogP contribution in [0.3, 0.4) is 0 Å². The predicted octanol–water partition coefficient (Wildman–Crippen LogP) is 2.59. The average molecular weight is 257 g/mol. The standard InChI is InChI=1S/C15H19N3O/c1-11-5-2-3-7-13(11)15-17-14(18-19-15)9-12-6-4-8-16-10-12/h2-3,5,7,12,16H,4,6,8-10H2,1H3. The molecule has 1 atom stereocenters. The first kappa shape index (κ1) is 12.4. The van der Waals surface area contributed by atoms with Crippen LogP contribution in [0.2, 0.25) is 0 Å². The average Bonchev–Trinajstić information content (AvgIpc) is 2.89. The summed E-state index contributed by atoms with van der Waals surface area (Å²) in [6.07, 6.45) is 3.40. The zero-order valence-electron chi connectivity index (χ0n) is 11.2. The van der Waals surface area contributed by atoms with Crippen LogP contribution in [0.4, 0.5) is 0 Å². The molecule has 1 aromatic carbocycles. The minimum atomic E-state index is 0.635. The molecule has 4 nitrogen and oxygen atoms in total. The molecule has 3 rings (SSSR count). The molecule has 100 valence electrons. The summed E-state index contributed by atoms with van der Waals surface area (Å²) in [6.45, 7) is 4.26. The van der Waals surface area contributed by atoms with E-state index in [0.717, 1.165) is 36.5 Å². The summed E-state index contributed by atoms with van der Waals surface area (Å²) in [4.78, 5) is 4.53. The monoisotopic (exact) mass is 257 g/mol. The van der Waals surface area contributed by atoms with Crippen LogP contribution >= 0.6 is 0 Å². The lowest BCUT2D eigenvalue weighted by molar-refractivity contribution is 0.360. The van der Waals surface area contributed by atoms with Crippen LogP contribution in [0.1, 0.15) is 24.2 Å². The van der Waals surface area contributed by atoms with Crippen molar-refractivity contribution in [3.8, 4) is 11.5 Å². The van der Waals surface area contributed by atoms with Gasteiger partial charge in [-0.05, 0) is 50.4 Å². The highest BCUT2D eigenvalue weighted by Gasteiger charge is 2.17. The second-order valence-electron chi connectivity index (χ2n) is 5.25.